The third kappa shape index (κ3) is 4.33. The van der Waals surface area contributed by atoms with Crippen LogP contribution in [0, 0.1) is 0 Å². The van der Waals surface area contributed by atoms with Crippen molar-refractivity contribution in [2.75, 3.05) is 26.2 Å². The zero-order chi connectivity index (χ0) is 20.3. The Morgan fingerprint density at radius 3 is 2.36 bits per heavy atom. The number of carbonyl (C=O) groups excluding carboxylic acids is 3. The van der Waals surface area contributed by atoms with Crippen LogP contribution >= 0.6 is 0 Å². The molecule has 0 unspecified atom stereocenters. The molecule has 0 radical (unpaired) electrons. The lowest BCUT2D eigenvalue weighted by molar-refractivity contribution is -0.161. The Labute approximate surface area is 163 Å². The standard InChI is InChI=1S/C18H23N3O6S/c1-13(27-18(24)15-7-8-16(22)19-15)17(23)20-9-11-21(12-10-20)28(25,26)14-5-3-2-4-6-14/h2-6,13,15H,7-12H2,1H3,(H,19,22)/t13-,15-/m0/s1. The number of nitrogens with one attached hydrogen (secondary N) is 1. The van der Waals surface area contributed by atoms with E-state index in [4.69, 9.17) is 4.74 Å². The van der Waals surface area contributed by atoms with Crippen molar-refractivity contribution in [2.45, 2.75) is 36.8 Å². The van der Waals surface area contributed by atoms with E-state index in [0.29, 0.717) is 6.42 Å². The number of ether oxygens (including phenoxy) is 1. The third-order valence-electron chi connectivity index (χ3n) is 4.85. The van der Waals surface area contributed by atoms with Gasteiger partial charge < -0.3 is 15.0 Å². The zero-order valence-corrected chi connectivity index (χ0v) is 16.4. The van der Waals surface area contributed by atoms with E-state index >= 15 is 0 Å². The van der Waals surface area contributed by atoms with Crippen molar-refractivity contribution >= 4 is 27.8 Å². The van der Waals surface area contributed by atoms with Crippen molar-refractivity contribution in [1.29, 1.82) is 0 Å². The predicted octanol–water partition coefficient (Wildman–Crippen LogP) is -0.270. The Balaban J connectivity index is 1.53. The zero-order valence-electron chi connectivity index (χ0n) is 15.5. The monoisotopic (exact) mass is 409 g/mol. The topological polar surface area (TPSA) is 113 Å². The van der Waals surface area contributed by atoms with Gasteiger partial charge in [0.2, 0.25) is 15.9 Å². The molecule has 9 nitrogen and oxygen atoms in total. The van der Waals surface area contributed by atoms with Crippen molar-refractivity contribution in [1.82, 2.24) is 14.5 Å². The minimum absolute atomic E-state index is 0.169. The minimum atomic E-state index is -3.60. The molecule has 2 amide bonds. The molecule has 1 N–H and O–H groups in total. The maximum absolute atomic E-state index is 12.6. The number of esters is 1. The molecule has 2 aliphatic rings. The molecule has 10 heteroatoms. The highest BCUT2D eigenvalue weighted by Crippen LogP contribution is 2.18. The smallest absolute Gasteiger partial charge is 0.329 e. The second-order valence-electron chi connectivity index (χ2n) is 6.78. The number of hydrogen-bond donors (Lipinski definition) is 1. The van der Waals surface area contributed by atoms with E-state index in [-0.39, 0.29) is 49.3 Å². The molecule has 2 fully saturated rings. The summed E-state index contributed by atoms with van der Waals surface area (Å²) in [7, 11) is -3.60. The lowest BCUT2D eigenvalue weighted by atomic mass is 10.2. The Bertz CT molecular complexity index is 849. The van der Waals surface area contributed by atoms with Gasteiger partial charge in [0, 0.05) is 32.6 Å². The van der Waals surface area contributed by atoms with Gasteiger partial charge in [-0.05, 0) is 25.5 Å². The lowest BCUT2D eigenvalue weighted by Gasteiger charge is -2.35. The molecule has 0 bridgehead atoms. The van der Waals surface area contributed by atoms with Gasteiger partial charge in [0.15, 0.2) is 6.10 Å². The largest absolute Gasteiger partial charge is 0.451 e. The number of carbonyl (C=O) groups is 3. The van der Waals surface area contributed by atoms with Gasteiger partial charge in [0.05, 0.1) is 4.90 Å². The summed E-state index contributed by atoms with van der Waals surface area (Å²) in [5.74, 6) is -1.22. The molecular weight excluding hydrogens is 386 g/mol. The maximum Gasteiger partial charge on any atom is 0.329 e. The van der Waals surface area contributed by atoms with Crippen LogP contribution in [0.3, 0.4) is 0 Å². The number of sulfonamides is 1. The van der Waals surface area contributed by atoms with E-state index in [0.717, 1.165) is 0 Å². The van der Waals surface area contributed by atoms with E-state index in [2.05, 4.69) is 5.32 Å². The fourth-order valence-electron chi connectivity index (χ4n) is 3.25. The predicted molar refractivity (Wildman–Crippen MR) is 98.5 cm³/mol. The average molecular weight is 409 g/mol. The lowest BCUT2D eigenvalue weighted by Crippen LogP contribution is -2.53. The second kappa shape index (κ2) is 8.27. The molecule has 2 saturated heterocycles. The van der Waals surface area contributed by atoms with Crippen molar-refractivity contribution in [3.63, 3.8) is 0 Å². The number of hydrogen-bond acceptors (Lipinski definition) is 6. The Morgan fingerprint density at radius 1 is 1.14 bits per heavy atom. The summed E-state index contributed by atoms with van der Waals surface area (Å²) in [5.41, 5.74) is 0. The summed E-state index contributed by atoms with van der Waals surface area (Å²) in [6, 6.07) is 7.43. The normalized spacial score (nSPS) is 21.8. The molecule has 0 spiro atoms. The Morgan fingerprint density at radius 2 is 1.79 bits per heavy atom. The molecule has 2 heterocycles. The number of benzene rings is 1. The molecule has 0 saturated carbocycles. The van der Waals surface area contributed by atoms with E-state index in [1.54, 1.807) is 18.2 Å². The summed E-state index contributed by atoms with van der Waals surface area (Å²) in [6.45, 7) is 2.24. The van der Waals surface area contributed by atoms with Crippen LogP contribution in [0.4, 0.5) is 0 Å². The molecule has 1 aromatic carbocycles. The van der Waals surface area contributed by atoms with Crippen LogP contribution in [0.5, 0.6) is 0 Å². The van der Waals surface area contributed by atoms with Gasteiger partial charge in [-0.15, -0.1) is 0 Å². The summed E-state index contributed by atoms with van der Waals surface area (Å²) < 4.78 is 31.8. The molecule has 2 atom stereocenters. The molecule has 0 aliphatic carbocycles. The second-order valence-corrected chi connectivity index (χ2v) is 8.72. The quantitative estimate of drug-likeness (QED) is 0.670. The van der Waals surface area contributed by atoms with E-state index in [1.807, 2.05) is 0 Å². The van der Waals surface area contributed by atoms with Crippen molar-refractivity contribution < 1.29 is 27.5 Å². The minimum Gasteiger partial charge on any atom is -0.451 e. The maximum atomic E-state index is 12.6. The fraction of sp³-hybridized carbons (Fsp3) is 0.500. The summed E-state index contributed by atoms with van der Waals surface area (Å²) in [6.07, 6.45) is -0.378. The van der Waals surface area contributed by atoms with Crippen LogP contribution in [0.2, 0.25) is 0 Å². The van der Waals surface area contributed by atoms with Crippen LogP contribution < -0.4 is 5.32 Å². The molecule has 3 rings (SSSR count). The molecule has 1 aromatic rings. The van der Waals surface area contributed by atoms with Gasteiger partial charge >= 0.3 is 5.97 Å². The van der Waals surface area contributed by atoms with Crippen molar-refractivity contribution in [3.05, 3.63) is 30.3 Å². The SMILES string of the molecule is C[C@H](OC(=O)[C@@H]1CCC(=O)N1)C(=O)N1CCN(S(=O)(=O)c2ccccc2)CC1. The van der Waals surface area contributed by atoms with Gasteiger partial charge in [-0.1, -0.05) is 18.2 Å². The fourth-order valence-corrected chi connectivity index (χ4v) is 4.69. The van der Waals surface area contributed by atoms with Gasteiger partial charge in [-0.2, -0.15) is 4.31 Å². The summed E-state index contributed by atoms with van der Waals surface area (Å²) in [5, 5.41) is 2.50. The molecule has 2 aliphatic heterocycles. The molecule has 0 aromatic heterocycles. The van der Waals surface area contributed by atoms with E-state index in [1.165, 1.54) is 28.3 Å². The van der Waals surface area contributed by atoms with Crippen LogP contribution in [0.15, 0.2) is 35.2 Å². The Kier molecular flexibility index (Phi) is 5.99. The van der Waals surface area contributed by atoms with Crippen molar-refractivity contribution in [3.8, 4) is 0 Å². The Hall–Kier alpha value is -2.46. The van der Waals surface area contributed by atoms with Crippen molar-refractivity contribution in [2.24, 2.45) is 0 Å². The molecular formula is C18H23N3O6S. The van der Waals surface area contributed by atoms with E-state index in [9.17, 15) is 22.8 Å². The van der Waals surface area contributed by atoms with Crippen LogP contribution in [-0.2, 0) is 29.1 Å². The van der Waals surface area contributed by atoms with Gasteiger partial charge in [-0.3, -0.25) is 9.59 Å². The van der Waals surface area contributed by atoms with Crippen LogP contribution in [-0.4, -0.2) is 73.7 Å². The van der Waals surface area contributed by atoms with Gasteiger partial charge in [0.25, 0.3) is 5.91 Å². The number of rotatable bonds is 5. The number of piperazine rings is 1. The summed E-state index contributed by atoms with van der Waals surface area (Å²) in [4.78, 5) is 37.5. The average Bonchev–Trinajstić information content (AvgIpc) is 3.14. The van der Waals surface area contributed by atoms with Crippen LogP contribution in [0.1, 0.15) is 19.8 Å². The highest BCUT2D eigenvalue weighted by atomic mass is 32.2. The van der Waals surface area contributed by atoms with E-state index < -0.39 is 28.1 Å². The molecule has 152 valence electrons. The highest BCUT2D eigenvalue weighted by Gasteiger charge is 2.34. The number of amides is 2. The van der Waals surface area contributed by atoms with Crippen LogP contribution in [0.25, 0.3) is 0 Å². The molecule has 28 heavy (non-hydrogen) atoms. The van der Waals surface area contributed by atoms with Gasteiger partial charge in [-0.25, -0.2) is 13.2 Å². The first-order valence-electron chi connectivity index (χ1n) is 9.13. The highest BCUT2D eigenvalue weighted by molar-refractivity contribution is 7.89. The summed E-state index contributed by atoms with van der Waals surface area (Å²) >= 11 is 0. The third-order valence-corrected chi connectivity index (χ3v) is 6.76. The van der Waals surface area contributed by atoms with Gasteiger partial charge in [0.1, 0.15) is 6.04 Å². The first kappa shape index (κ1) is 20.3. The first-order chi connectivity index (χ1) is 13.3. The number of nitrogens with zero attached hydrogens (tertiary/aromatic N) is 2. The first-order valence-corrected chi connectivity index (χ1v) is 10.6.